The molecule has 0 heterocycles. The molecule has 0 saturated carbocycles. The third kappa shape index (κ3) is 4.54. The Morgan fingerprint density at radius 3 is 2.17 bits per heavy atom. The molecule has 29 heavy (non-hydrogen) atoms. The molecule has 0 aliphatic heterocycles. The monoisotopic (exact) mass is 520 g/mol. The van der Waals surface area contributed by atoms with Gasteiger partial charge in [0.25, 0.3) is 0 Å². The van der Waals surface area contributed by atoms with Crippen molar-refractivity contribution in [3.8, 4) is 17.2 Å². The molecule has 3 nitrogen and oxygen atoms in total. The summed E-state index contributed by atoms with van der Waals surface area (Å²) >= 11 is 6.95. The fourth-order valence-electron chi connectivity index (χ4n) is 2.95. The summed E-state index contributed by atoms with van der Waals surface area (Å²) < 4.78 is 27.4. The van der Waals surface area contributed by atoms with E-state index in [9.17, 15) is 9.18 Å². The van der Waals surface area contributed by atoms with E-state index in [1.165, 1.54) is 12.1 Å². The Hall–Kier alpha value is -2.18. The number of hydrogen-bond donors (Lipinski definition) is 0. The van der Waals surface area contributed by atoms with E-state index < -0.39 is 11.6 Å². The molecule has 0 unspecified atom stereocenters. The molecule has 0 aliphatic rings. The molecule has 0 fully saturated rings. The van der Waals surface area contributed by atoms with Crippen LogP contribution in [0.25, 0.3) is 0 Å². The Balaban J connectivity index is 2.21. The van der Waals surface area contributed by atoms with Gasteiger partial charge in [-0.2, -0.15) is 0 Å². The molecular weight excluding hydrogens is 503 g/mol. The van der Waals surface area contributed by atoms with E-state index in [0.29, 0.717) is 17.2 Å². The molecule has 0 atom stereocenters. The Bertz CT molecular complexity index is 1040. The summed E-state index contributed by atoms with van der Waals surface area (Å²) in [5.41, 5.74) is 1.08. The van der Waals surface area contributed by atoms with E-state index >= 15 is 0 Å². The second-order valence-electron chi connectivity index (χ2n) is 6.71. The van der Waals surface area contributed by atoms with Crippen molar-refractivity contribution in [3.05, 3.63) is 86.1 Å². The van der Waals surface area contributed by atoms with Crippen LogP contribution in [0.2, 0.25) is 0 Å². The number of halogens is 3. The summed E-state index contributed by atoms with van der Waals surface area (Å²) in [6.07, 6.45) is 0. The summed E-state index contributed by atoms with van der Waals surface area (Å²) in [4.78, 5) is 13.2. The van der Waals surface area contributed by atoms with Crippen LogP contribution in [0.15, 0.2) is 63.5 Å². The lowest BCUT2D eigenvalue weighted by molar-refractivity contribution is 0.103. The fraction of sp³-hybridized carbons (Fsp3) is 0.174. The average Bonchev–Trinajstić information content (AvgIpc) is 2.70. The van der Waals surface area contributed by atoms with Gasteiger partial charge in [0.05, 0.1) is 27.2 Å². The fourth-order valence-corrected chi connectivity index (χ4v) is 4.11. The van der Waals surface area contributed by atoms with Crippen molar-refractivity contribution < 1.29 is 18.7 Å². The van der Waals surface area contributed by atoms with Crippen molar-refractivity contribution in [2.24, 2.45) is 0 Å². The van der Waals surface area contributed by atoms with Crippen LogP contribution in [0, 0.1) is 5.82 Å². The SMILES string of the molecule is COc1cc(C(=O)c2ccccc2F)c(Oc2c(Br)cccc2Br)cc1C(C)C. The molecule has 0 bridgehead atoms. The first-order valence-corrected chi connectivity index (χ1v) is 10.5. The van der Waals surface area contributed by atoms with Crippen LogP contribution in [0.3, 0.4) is 0 Å². The second-order valence-corrected chi connectivity index (χ2v) is 8.42. The summed E-state index contributed by atoms with van der Waals surface area (Å²) in [5, 5.41) is 0. The van der Waals surface area contributed by atoms with Gasteiger partial charge in [0, 0.05) is 5.56 Å². The highest BCUT2D eigenvalue weighted by Gasteiger charge is 2.23. The molecule has 0 spiro atoms. The first kappa shape index (κ1) is 21.5. The minimum absolute atomic E-state index is 0.0251. The van der Waals surface area contributed by atoms with E-state index in [2.05, 4.69) is 31.9 Å². The van der Waals surface area contributed by atoms with E-state index in [1.54, 1.807) is 31.4 Å². The second kappa shape index (κ2) is 9.09. The number of ether oxygens (including phenoxy) is 2. The highest BCUT2D eigenvalue weighted by Crippen LogP contribution is 2.41. The van der Waals surface area contributed by atoms with Gasteiger partial charge >= 0.3 is 0 Å². The maximum absolute atomic E-state index is 14.3. The molecular formula is C23H19Br2FO3. The van der Waals surface area contributed by atoms with E-state index in [1.807, 2.05) is 32.0 Å². The van der Waals surface area contributed by atoms with Crippen LogP contribution in [0.1, 0.15) is 41.3 Å². The summed E-state index contributed by atoms with van der Waals surface area (Å²) in [6.45, 7) is 4.04. The van der Waals surface area contributed by atoms with Crippen molar-refractivity contribution in [2.75, 3.05) is 7.11 Å². The van der Waals surface area contributed by atoms with Crippen LogP contribution in [0.4, 0.5) is 4.39 Å². The van der Waals surface area contributed by atoms with Crippen molar-refractivity contribution >= 4 is 37.6 Å². The van der Waals surface area contributed by atoms with Crippen molar-refractivity contribution in [3.63, 3.8) is 0 Å². The van der Waals surface area contributed by atoms with Gasteiger partial charge in [-0.1, -0.05) is 32.0 Å². The van der Waals surface area contributed by atoms with Gasteiger partial charge < -0.3 is 9.47 Å². The maximum atomic E-state index is 14.3. The number of methoxy groups -OCH3 is 1. The number of ketones is 1. The van der Waals surface area contributed by atoms with E-state index in [4.69, 9.17) is 9.47 Å². The van der Waals surface area contributed by atoms with Gasteiger partial charge in [0.2, 0.25) is 0 Å². The zero-order valence-corrected chi connectivity index (χ0v) is 19.3. The topological polar surface area (TPSA) is 35.5 Å². The predicted octanol–water partition coefficient (Wildman–Crippen LogP) is 7.51. The van der Waals surface area contributed by atoms with Gasteiger partial charge in [-0.15, -0.1) is 0 Å². The number of carbonyl (C=O) groups excluding carboxylic acids is 1. The van der Waals surface area contributed by atoms with Crippen molar-refractivity contribution in [1.29, 1.82) is 0 Å². The molecule has 0 aromatic heterocycles. The number of carbonyl (C=O) groups is 1. The van der Waals surface area contributed by atoms with Crippen molar-refractivity contribution in [2.45, 2.75) is 19.8 Å². The number of para-hydroxylation sites is 1. The van der Waals surface area contributed by atoms with Crippen LogP contribution in [-0.2, 0) is 0 Å². The quantitative estimate of drug-likeness (QED) is 0.315. The molecule has 3 aromatic carbocycles. The maximum Gasteiger partial charge on any atom is 0.199 e. The first-order chi connectivity index (χ1) is 13.8. The van der Waals surface area contributed by atoms with Crippen LogP contribution in [0.5, 0.6) is 17.2 Å². The Morgan fingerprint density at radius 2 is 1.59 bits per heavy atom. The number of rotatable bonds is 6. The highest BCUT2D eigenvalue weighted by molar-refractivity contribution is 9.11. The molecule has 3 aromatic rings. The largest absolute Gasteiger partial charge is 0.496 e. The summed E-state index contributed by atoms with van der Waals surface area (Å²) in [6, 6.07) is 14.8. The predicted molar refractivity (Wildman–Crippen MR) is 119 cm³/mol. The molecule has 0 aliphatic carbocycles. The minimum atomic E-state index is -0.586. The Kier molecular flexibility index (Phi) is 6.75. The lowest BCUT2D eigenvalue weighted by Gasteiger charge is -2.19. The zero-order valence-electron chi connectivity index (χ0n) is 16.1. The molecule has 0 N–H and O–H groups in total. The molecule has 0 amide bonds. The molecule has 0 radical (unpaired) electrons. The van der Waals surface area contributed by atoms with Crippen LogP contribution >= 0.6 is 31.9 Å². The van der Waals surface area contributed by atoms with Gasteiger partial charge in [-0.25, -0.2) is 4.39 Å². The molecule has 3 rings (SSSR count). The average molecular weight is 522 g/mol. The standard InChI is InChI=1S/C23H19Br2FO3/c1-13(2)15-11-21(29-23-17(24)8-6-9-18(23)25)16(12-20(15)28-3)22(27)14-7-4-5-10-19(14)26/h4-13H,1-3H3. The van der Waals surface area contributed by atoms with Crippen molar-refractivity contribution in [1.82, 2.24) is 0 Å². The lowest BCUT2D eigenvalue weighted by Crippen LogP contribution is -2.08. The highest BCUT2D eigenvalue weighted by atomic mass is 79.9. The summed E-state index contributed by atoms with van der Waals surface area (Å²) in [5.74, 6) is 0.475. The normalized spacial score (nSPS) is 10.9. The molecule has 150 valence electrons. The van der Waals surface area contributed by atoms with Gasteiger partial charge in [0.1, 0.15) is 17.3 Å². The van der Waals surface area contributed by atoms with Gasteiger partial charge in [-0.05, 0) is 74.2 Å². The van der Waals surface area contributed by atoms with Gasteiger partial charge in [0.15, 0.2) is 11.5 Å². The Morgan fingerprint density at radius 1 is 0.931 bits per heavy atom. The first-order valence-electron chi connectivity index (χ1n) is 8.96. The van der Waals surface area contributed by atoms with Gasteiger partial charge in [-0.3, -0.25) is 4.79 Å². The minimum Gasteiger partial charge on any atom is -0.496 e. The Labute approximate surface area is 186 Å². The third-order valence-electron chi connectivity index (χ3n) is 4.45. The third-order valence-corrected chi connectivity index (χ3v) is 5.70. The smallest absolute Gasteiger partial charge is 0.199 e. The summed E-state index contributed by atoms with van der Waals surface area (Å²) in [7, 11) is 1.55. The van der Waals surface area contributed by atoms with Crippen LogP contribution < -0.4 is 9.47 Å². The van der Waals surface area contributed by atoms with E-state index in [-0.39, 0.29) is 17.0 Å². The molecule has 0 saturated heterocycles. The lowest BCUT2D eigenvalue weighted by atomic mass is 9.95. The number of benzene rings is 3. The van der Waals surface area contributed by atoms with Crippen LogP contribution in [-0.4, -0.2) is 12.9 Å². The van der Waals surface area contributed by atoms with E-state index in [0.717, 1.165) is 14.5 Å². The number of hydrogen-bond acceptors (Lipinski definition) is 3. The zero-order chi connectivity index (χ0) is 21.1. The molecule has 6 heteroatoms.